The highest BCUT2D eigenvalue weighted by molar-refractivity contribution is 7.19. The third-order valence-electron chi connectivity index (χ3n) is 3.54. The van der Waals surface area contributed by atoms with Gasteiger partial charge in [-0.2, -0.15) is 4.98 Å². The minimum atomic E-state index is 0. The summed E-state index contributed by atoms with van der Waals surface area (Å²) in [5.41, 5.74) is 2.61. The maximum Gasteiger partial charge on any atom is 0.241 e. The lowest BCUT2D eigenvalue weighted by Crippen LogP contribution is -3.00. The second-order valence-electron chi connectivity index (χ2n) is 4.72. The smallest absolute Gasteiger partial charge is 0.241 e. The molecule has 1 aliphatic carbocycles. The Morgan fingerprint density at radius 1 is 1.10 bits per heavy atom. The average molecular weight is 305 g/mol. The minimum Gasteiger partial charge on any atom is -1.00 e. The van der Waals surface area contributed by atoms with Crippen LogP contribution in [0.5, 0.6) is 0 Å². The summed E-state index contributed by atoms with van der Waals surface area (Å²) in [6.45, 7) is 0. The standard InChI is InChI=1S/C14H12N4S.ClH/c1-2-10-11(3-1)19-14-12(10)13(16-8-17-14)18-9-4-6-15-7-5-9;/h4-8H,1-3H2,(H,15,16,17,18);1H. The van der Waals surface area contributed by atoms with Gasteiger partial charge < -0.3 is 12.4 Å². The van der Waals surface area contributed by atoms with Gasteiger partial charge in [-0.1, -0.05) is 0 Å². The van der Waals surface area contributed by atoms with Crippen molar-refractivity contribution in [3.63, 3.8) is 0 Å². The number of thiophene rings is 1. The van der Waals surface area contributed by atoms with E-state index in [1.54, 1.807) is 6.33 Å². The Labute approximate surface area is 126 Å². The molecule has 2 N–H and O–H groups in total. The first-order valence-electron chi connectivity index (χ1n) is 6.42. The molecule has 0 atom stereocenters. The number of aromatic nitrogens is 3. The third kappa shape index (κ3) is 2.18. The predicted molar refractivity (Wildman–Crippen MR) is 74.9 cm³/mol. The molecule has 102 valence electrons. The Hall–Kier alpha value is -1.56. The maximum absolute atomic E-state index is 4.47. The van der Waals surface area contributed by atoms with Crippen LogP contribution in [0.4, 0.5) is 11.5 Å². The minimum absolute atomic E-state index is 0. The van der Waals surface area contributed by atoms with Gasteiger partial charge in [-0.25, -0.2) is 4.98 Å². The monoisotopic (exact) mass is 304 g/mol. The van der Waals surface area contributed by atoms with Crippen molar-refractivity contribution in [2.45, 2.75) is 19.3 Å². The highest BCUT2D eigenvalue weighted by Crippen LogP contribution is 2.37. The number of hydrogen-bond donors (Lipinski definition) is 1. The van der Waals surface area contributed by atoms with Crippen molar-refractivity contribution in [3.05, 3.63) is 41.3 Å². The molecule has 0 spiro atoms. The van der Waals surface area contributed by atoms with Crippen molar-refractivity contribution >= 4 is 33.1 Å². The van der Waals surface area contributed by atoms with Gasteiger partial charge >= 0.3 is 0 Å². The summed E-state index contributed by atoms with van der Waals surface area (Å²) in [7, 11) is 0. The molecule has 6 heteroatoms. The highest BCUT2D eigenvalue weighted by atomic mass is 35.5. The first-order valence-corrected chi connectivity index (χ1v) is 7.23. The molecule has 0 aromatic carbocycles. The first kappa shape index (κ1) is 13.4. The van der Waals surface area contributed by atoms with Crippen molar-refractivity contribution in [1.82, 2.24) is 15.0 Å². The zero-order chi connectivity index (χ0) is 12.7. The van der Waals surface area contributed by atoms with Gasteiger partial charge in [0.15, 0.2) is 0 Å². The number of fused-ring (bicyclic) bond motifs is 3. The molecule has 1 aliphatic rings. The molecule has 0 amide bonds. The van der Waals surface area contributed by atoms with E-state index in [9.17, 15) is 0 Å². The van der Waals surface area contributed by atoms with Gasteiger partial charge in [0.25, 0.3) is 0 Å². The van der Waals surface area contributed by atoms with Gasteiger partial charge in [-0.15, -0.1) is 11.3 Å². The van der Waals surface area contributed by atoms with E-state index in [1.165, 1.54) is 35.1 Å². The average Bonchev–Trinajstić information content (AvgIpc) is 3.00. The van der Waals surface area contributed by atoms with E-state index in [4.69, 9.17) is 0 Å². The van der Waals surface area contributed by atoms with Gasteiger partial charge in [0.2, 0.25) is 5.82 Å². The van der Waals surface area contributed by atoms with Crippen LogP contribution in [0.3, 0.4) is 0 Å². The fourth-order valence-electron chi connectivity index (χ4n) is 2.68. The largest absolute Gasteiger partial charge is 1.00 e. The second-order valence-corrected chi connectivity index (χ2v) is 5.80. The molecule has 3 aromatic heterocycles. The fraction of sp³-hybridized carbons (Fsp3) is 0.214. The Kier molecular flexibility index (Phi) is 3.65. The Morgan fingerprint density at radius 3 is 2.80 bits per heavy atom. The van der Waals surface area contributed by atoms with Crippen LogP contribution in [-0.2, 0) is 12.8 Å². The van der Waals surface area contributed by atoms with E-state index < -0.39 is 0 Å². The van der Waals surface area contributed by atoms with E-state index >= 15 is 0 Å². The van der Waals surface area contributed by atoms with Gasteiger partial charge in [0, 0.05) is 29.4 Å². The molecule has 20 heavy (non-hydrogen) atoms. The molecule has 0 saturated heterocycles. The van der Waals surface area contributed by atoms with Crippen molar-refractivity contribution in [1.29, 1.82) is 0 Å². The van der Waals surface area contributed by atoms with Crippen molar-refractivity contribution in [2.75, 3.05) is 0 Å². The zero-order valence-electron chi connectivity index (χ0n) is 10.7. The van der Waals surface area contributed by atoms with Crippen LogP contribution < -0.4 is 17.7 Å². The maximum atomic E-state index is 4.47. The van der Waals surface area contributed by atoms with E-state index in [2.05, 4.69) is 20.3 Å². The van der Waals surface area contributed by atoms with Crippen LogP contribution in [0.15, 0.2) is 30.9 Å². The lowest BCUT2D eigenvalue weighted by Gasteiger charge is -2.01. The van der Waals surface area contributed by atoms with Gasteiger partial charge in [0.05, 0.1) is 5.39 Å². The quantitative estimate of drug-likeness (QED) is 0.668. The van der Waals surface area contributed by atoms with Gasteiger partial charge in [-0.05, 0) is 24.8 Å². The summed E-state index contributed by atoms with van der Waals surface area (Å²) in [6.07, 6.45) is 8.91. The van der Waals surface area contributed by atoms with Crippen LogP contribution >= 0.6 is 11.3 Å². The summed E-state index contributed by atoms with van der Waals surface area (Å²) in [5, 5.41) is 3.38. The number of pyridine rings is 1. The summed E-state index contributed by atoms with van der Waals surface area (Å²) in [6, 6.07) is 4.00. The summed E-state index contributed by atoms with van der Waals surface area (Å²) in [4.78, 5) is 15.6. The Bertz CT molecular complexity index is 742. The molecule has 4 nitrogen and oxygen atoms in total. The van der Waals surface area contributed by atoms with E-state index in [-0.39, 0.29) is 12.4 Å². The Morgan fingerprint density at radius 2 is 1.95 bits per heavy atom. The van der Waals surface area contributed by atoms with Gasteiger partial charge in [0.1, 0.15) is 16.8 Å². The number of aryl methyl sites for hydroxylation is 2. The fourth-order valence-corrected chi connectivity index (χ4v) is 3.92. The number of nitrogens with two attached hydrogens (primary N) is 1. The summed E-state index contributed by atoms with van der Waals surface area (Å²) in [5.74, 6) is 1.04. The molecule has 0 fully saturated rings. The van der Waals surface area contributed by atoms with Crippen molar-refractivity contribution in [3.8, 4) is 0 Å². The molecule has 3 heterocycles. The first-order chi connectivity index (χ1) is 9.42. The number of hydrogen-bond acceptors (Lipinski definition) is 4. The van der Waals surface area contributed by atoms with Crippen LogP contribution in [0.25, 0.3) is 10.2 Å². The van der Waals surface area contributed by atoms with Crippen molar-refractivity contribution in [2.24, 2.45) is 0 Å². The van der Waals surface area contributed by atoms with Crippen LogP contribution in [0.2, 0.25) is 0 Å². The molecule has 0 bridgehead atoms. The van der Waals surface area contributed by atoms with Crippen molar-refractivity contribution < 1.29 is 17.7 Å². The highest BCUT2D eigenvalue weighted by Gasteiger charge is 2.23. The SMILES string of the molecule is [Cl-].c1cc([NH2+]c2ncnc3sc4c(c23)CCC4)ccn1. The molecule has 4 rings (SSSR count). The lowest BCUT2D eigenvalue weighted by molar-refractivity contribution is -0.481. The molecule has 3 aromatic rings. The number of rotatable bonds is 2. The normalized spacial score (nSPS) is 13.2. The number of halogens is 1. The molecular formula is C14H13ClN4S. The predicted octanol–water partition coefficient (Wildman–Crippen LogP) is -0.894. The van der Waals surface area contributed by atoms with E-state index in [0.29, 0.717) is 0 Å². The number of nitrogens with zero attached hydrogens (tertiary/aromatic N) is 3. The third-order valence-corrected chi connectivity index (χ3v) is 4.74. The molecule has 0 radical (unpaired) electrons. The molecule has 0 aliphatic heterocycles. The summed E-state index contributed by atoms with van der Waals surface area (Å²) >= 11 is 1.83. The molecule has 0 unspecified atom stereocenters. The van der Waals surface area contributed by atoms with Crippen LogP contribution in [0.1, 0.15) is 16.9 Å². The Balaban J connectivity index is 0.00000121. The topological polar surface area (TPSA) is 55.3 Å². The van der Waals surface area contributed by atoms with Gasteiger partial charge in [-0.3, -0.25) is 10.3 Å². The lowest BCUT2D eigenvalue weighted by atomic mass is 10.2. The van der Waals surface area contributed by atoms with E-state index in [1.807, 2.05) is 35.9 Å². The van der Waals surface area contributed by atoms with Crippen LogP contribution in [0, 0.1) is 0 Å². The summed E-state index contributed by atoms with van der Waals surface area (Å²) < 4.78 is 0. The zero-order valence-corrected chi connectivity index (χ0v) is 12.3. The number of quaternary nitrogens is 1. The molecular weight excluding hydrogens is 292 g/mol. The van der Waals surface area contributed by atoms with Crippen LogP contribution in [-0.4, -0.2) is 15.0 Å². The van der Waals surface area contributed by atoms with E-state index in [0.717, 1.165) is 16.3 Å². The second kappa shape index (κ2) is 5.44. The molecule has 0 saturated carbocycles.